The summed E-state index contributed by atoms with van der Waals surface area (Å²) in [7, 11) is 1.35. The third-order valence-electron chi connectivity index (χ3n) is 3.65. The highest BCUT2D eigenvalue weighted by Gasteiger charge is 2.07. The standard InChI is InChI=1S/C18H22N2O2/c1-13-6-4-5-7-17(13)14(2)19-12-15-8-10-16(11-9-15)20-18(21)22-3/h4-11,14,19H,12H2,1-3H3,(H,20,21)/t14-/m1/s1. The van der Waals surface area contributed by atoms with Gasteiger partial charge in [0, 0.05) is 18.3 Å². The summed E-state index contributed by atoms with van der Waals surface area (Å²) >= 11 is 0. The lowest BCUT2D eigenvalue weighted by molar-refractivity contribution is 0.187. The fourth-order valence-electron chi connectivity index (χ4n) is 2.33. The molecule has 0 aliphatic carbocycles. The van der Waals surface area contributed by atoms with Gasteiger partial charge in [-0.3, -0.25) is 5.32 Å². The van der Waals surface area contributed by atoms with Gasteiger partial charge < -0.3 is 10.1 Å². The highest BCUT2D eigenvalue weighted by molar-refractivity contribution is 5.84. The van der Waals surface area contributed by atoms with Crippen molar-refractivity contribution in [2.45, 2.75) is 26.4 Å². The van der Waals surface area contributed by atoms with Gasteiger partial charge in [-0.25, -0.2) is 4.79 Å². The minimum absolute atomic E-state index is 0.286. The van der Waals surface area contributed by atoms with Crippen LogP contribution < -0.4 is 10.6 Å². The molecule has 0 radical (unpaired) electrons. The average molecular weight is 298 g/mol. The van der Waals surface area contributed by atoms with Crippen LogP contribution in [0.25, 0.3) is 0 Å². The smallest absolute Gasteiger partial charge is 0.411 e. The largest absolute Gasteiger partial charge is 0.453 e. The number of anilines is 1. The van der Waals surface area contributed by atoms with Crippen LogP contribution in [0.3, 0.4) is 0 Å². The number of nitrogens with one attached hydrogen (secondary N) is 2. The van der Waals surface area contributed by atoms with Crippen molar-refractivity contribution in [1.29, 1.82) is 0 Å². The molecule has 0 bridgehead atoms. The molecule has 4 nitrogen and oxygen atoms in total. The van der Waals surface area contributed by atoms with Crippen molar-refractivity contribution in [2.75, 3.05) is 12.4 Å². The molecule has 0 aliphatic heterocycles. The zero-order valence-electron chi connectivity index (χ0n) is 13.2. The molecule has 2 aromatic rings. The van der Waals surface area contributed by atoms with Crippen LogP contribution in [0.2, 0.25) is 0 Å². The SMILES string of the molecule is COC(=O)Nc1ccc(CN[C@H](C)c2ccccc2C)cc1. The number of methoxy groups -OCH3 is 1. The molecule has 0 unspecified atom stereocenters. The van der Waals surface area contributed by atoms with Crippen LogP contribution in [0.5, 0.6) is 0 Å². The van der Waals surface area contributed by atoms with E-state index in [4.69, 9.17) is 0 Å². The van der Waals surface area contributed by atoms with Gasteiger partial charge in [-0.05, 0) is 42.7 Å². The molecule has 0 aliphatic rings. The van der Waals surface area contributed by atoms with Gasteiger partial charge in [-0.15, -0.1) is 0 Å². The molecule has 2 aromatic carbocycles. The Labute approximate surface area is 131 Å². The highest BCUT2D eigenvalue weighted by Crippen LogP contribution is 2.17. The zero-order valence-corrected chi connectivity index (χ0v) is 13.2. The number of benzene rings is 2. The monoisotopic (exact) mass is 298 g/mol. The molecule has 0 saturated carbocycles. The van der Waals surface area contributed by atoms with E-state index in [0.29, 0.717) is 0 Å². The van der Waals surface area contributed by atoms with E-state index in [9.17, 15) is 4.79 Å². The van der Waals surface area contributed by atoms with E-state index in [1.54, 1.807) is 0 Å². The van der Waals surface area contributed by atoms with Crippen LogP contribution in [0, 0.1) is 6.92 Å². The molecule has 116 valence electrons. The maximum Gasteiger partial charge on any atom is 0.411 e. The van der Waals surface area contributed by atoms with E-state index < -0.39 is 6.09 Å². The summed E-state index contributed by atoms with van der Waals surface area (Å²) in [5, 5.41) is 6.15. The van der Waals surface area contributed by atoms with Gasteiger partial charge >= 0.3 is 6.09 Å². The van der Waals surface area contributed by atoms with E-state index in [1.807, 2.05) is 24.3 Å². The number of amides is 1. The second kappa shape index (κ2) is 7.61. The lowest BCUT2D eigenvalue weighted by Gasteiger charge is -2.16. The summed E-state index contributed by atoms with van der Waals surface area (Å²) in [6.45, 7) is 5.06. The molecule has 2 rings (SSSR count). The van der Waals surface area contributed by atoms with Crippen molar-refractivity contribution < 1.29 is 9.53 Å². The number of hydrogen-bond donors (Lipinski definition) is 2. The van der Waals surface area contributed by atoms with Gasteiger partial charge in [0.25, 0.3) is 0 Å². The molecule has 0 fully saturated rings. The van der Waals surface area contributed by atoms with Gasteiger partial charge in [0.2, 0.25) is 0 Å². The topological polar surface area (TPSA) is 50.4 Å². The molecule has 2 N–H and O–H groups in total. The Balaban J connectivity index is 1.92. The highest BCUT2D eigenvalue weighted by atomic mass is 16.5. The van der Waals surface area contributed by atoms with E-state index in [-0.39, 0.29) is 6.04 Å². The van der Waals surface area contributed by atoms with E-state index in [2.05, 4.69) is 53.5 Å². The molecule has 0 aromatic heterocycles. The fourth-order valence-corrected chi connectivity index (χ4v) is 2.33. The average Bonchev–Trinajstić information content (AvgIpc) is 2.54. The lowest BCUT2D eigenvalue weighted by atomic mass is 10.0. The molecular formula is C18H22N2O2. The molecule has 0 saturated heterocycles. The Kier molecular flexibility index (Phi) is 5.55. The molecule has 1 amide bonds. The molecule has 4 heteroatoms. The Morgan fingerprint density at radius 1 is 1.14 bits per heavy atom. The van der Waals surface area contributed by atoms with Gasteiger partial charge in [0.1, 0.15) is 0 Å². The maximum absolute atomic E-state index is 11.1. The number of ether oxygens (including phenoxy) is 1. The predicted octanol–water partition coefficient (Wildman–Crippen LogP) is 4.02. The van der Waals surface area contributed by atoms with Crippen LogP contribution in [0.15, 0.2) is 48.5 Å². The number of carbonyl (C=O) groups excluding carboxylic acids is 1. The van der Waals surface area contributed by atoms with Crippen LogP contribution >= 0.6 is 0 Å². The Hall–Kier alpha value is -2.33. The van der Waals surface area contributed by atoms with E-state index in [1.165, 1.54) is 18.2 Å². The first-order chi connectivity index (χ1) is 10.6. The molecule has 0 heterocycles. The van der Waals surface area contributed by atoms with E-state index >= 15 is 0 Å². The van der Waals surface area contributed by atoms with Gasteiger partial charge in [0.15, 0.2) is 0 Å². The second-order valence-electron chi connectivity index (χ2n) is 5.27. The summed E-state index contributed by atoms with van der Waals surface area (Å²) in [4.78, 5) is 11.1. The summed E-state index contributed by atoms with van der Waals surface area (Å²) in [6, 6.07) is 16.4. The quantitative estimate of drug-likeness (QED) is 0.876. The summed E-state index contributed by atoms with van der Waals surface area (Å²) < 4.78 is 4.56. The number of hydrogen-bond acceptors (Lipinski definition) is 3. The summed E-state index contributed by atoms with van der Waals surface area (Å²) in [6.07, 6.45) is -0.459. The maximum atomic E-state index is 11.1. The zero-order chi connectivity index (χ0) is 15.9. The minimum atomic E-state index is -0.459. The Bertz CT molecular complexity index is 623. The van der Waals surface area contributed by atoms with Crippen molar-refractivity contribution in [1.82, 2.24) is 5.32 Å². The summed E-state index contributed by atoms with van der Waals surface area (Å²) in [5.41, 5.74) is 4.49. The van der Waals surface area contributed by atoms with Crippen LogP contribution in [-0.4, -0.2) is 13.2 Å². The molecule has 0 spiro atoms. The Morgan fingerprint density at radius 2 is 1.82 bits per heavy atom. The summed E-state index contributed by atoms with van der Waals surface area (Å²) in [5.74, 6) is 0. The second-order valence-corrected chi connectivity index (χ2v) is 5.27. The van der Waals surface area contributed by atoms with Gasteiger partial charge in [0.05, 0.1) is 7.11 Å². The first-order valence-electron chi connectivity index (χ1n) is 7.33. The fraction of sp³-hybridized carbons (Fsp3) is 0.278. The molecule has 22 heavy (non-hydrogen) atoms. The third-order valence-corrected chi connectivity index (χ3v) is 3.65. The minimum Gasteiger partial charge on any atom is -0.453 e. The van der Waals surface area contributed by atoms with Crippen molar-refractivity contribution in [2.24, 2.45) is 0 Å². The molecular weight excluding hydrogens is 276 g/mol. The first-order valence-corrected chi connectivity index (χ1v) is 7.33. The van der Waals surface area contributed by atoms with Crippen molar-refractivity contribution in [3.05, 3.63) is 65.2 Å². The molecule has 1 atom stereocenters. The van der Waals surface area contributed by atoms with Crippen molar-refractivity contribution >= 4 is 11.8 Å². The number of carbonyl (C=O) groups is 1. The first kappa shape index (κ1) is 16.0. The van der Waals surface area contributed by atoms with Crippen LogP contribution in [0.1, 0.15) is 29.7 Å². The normalized spacial score (nSPS) is 11.8. The van der Waals surface area contributed by atoms with Crippen LogP contribution in [0.4, 0.5) is 10.5 Å². The lowest BCUT2D eigenvalue weighted by Crippen LogP contribution is -2.19. The number of aryl methyl sites for hydroxylation is 1. The number of rotatable bonds is 5. The Morgan fingerprint density at radius 3 is 2.45 bits per heavy atom. The van der Waals surface area contributed by atoms with Gasteiger partial charge in [-0.1, -0.05) is 36.4 Å². The predicted molar refractivity (Wildman–Crippen MR) is 88.9 cm³/mol. The third kappa shape index (κ3) is 4.33. The van der Waals surface area contributed by atoms with Crippen molar-refractivity contribution in [3.63, 3.8) is 0 Å². The van der Waals surface area contributed by atoms with Crippen molar-refractivity contribution in [3.8, 4) is 0 Å². The van der Waals surface area contributed by atoms with Crippen LogP contribution in [-0.2, 0) is 11.3 Å². The van der Waals surface area contributed by atoms with E-state index in [0.717, 1.165) is 17.8 Å². The van der Waals surface area contributed by atoms with Gasteiger partial charge in [-0.2, -0.15) is 0 Å².